The fraction of sp³-hybridized carbons (Fsp3) is 0.250. The van der Waals surface area contributed by atoms with E-state index in [4.69, 9.17) is 23.2 Å². The second kappa shape index (κ2) is 9.85. The van der Waals surface area contributed by atoms with E-state index in [0.717, 1.165) is 30.6 Å². The van der Waals surface area contributed by atoms with Gasteiger partial charge in [0.2, 0.25) is 5.95 Å². The second-order valence-electron chi connectivity index (χ2n) is 8.22. The van der Waals surface area contributed by atoms with Gasteiger partial charge in [0.05, 0.1) is 15.4 Å². The number of nitrogens with one attached hydrogen (secondary N) is 2. The Kier molecular flexibility index (Phi) is 6.64. The van der Waals surface area contributed by atoms with Crippen LogP contribution < -0.4 is 16.2 Å². The topological polar surface area (TPSA) is 84.7 Å². The summed E-state index contributed by atoms with van der Waals surface area (Å²) in [6.07, 6.45) is 0.467. The summed E-state index contributed by atoms with van der Waals surface area (Å²) in [5.74, 6) is 0.532. The lowest BCUT2D eigenvalue weighted by atomic mass is 9.92. The van der Waals surface area contributed by atoms with E-state index in [1.807, 2.05) is 24.3 Å². The summed E-state index contributed by atoms with van der Waals surface area (Å²) in [5.41, 5.74) is 0.300. The maximum Gasteiger partial charge on any atom is 0.284 e. The molecule has 0 spiro atoms. The van der Waals surface area contributed by atoms with Gasteiger partial charge in [0.15, 0.2) is 5.69 Å². The Morgan fingerprint density at radius 1 is 1.11 bits per heavy atom. The van der Waals surface area contributed by atoms with Gasteiger partial charge in [-0.3, -0.25) is 4.79 Å². The molecule has 0 saturated carbocycles. The summed E-state index contributed by atoms with van der Waals surface area (Å²) in [5, 5.41) is 10.3. The van der Waals surface area contributed by atoms with Crippen molar-refractivity contribution >= 4 is 45.7 Å². The van der Waals surface area contributed by atoms with Gasteiger partial charge in [-0.25, -0.2) is 18.7 Å². The highest BCUT2D eigenvalue weighted by atomic mass is 35.5. The van der Waals surface area contributed by atoms with Crippen LogP contribution in [0.3, 0.4) is 0 Å². The first-order valence-electron chi connectivity index (χ1n) is 11.0. The molecule has 1 aliphatic heterocycles. The van der Waals surface area contributed by atoms with Crippen molar-refractivity contribution in [2.75, 3.05) is 18.4 Å². The van der Waals surface area contributed by atoms with Crippen LogP contribution in [0.1, 0.15) is 36.4 Å². The van der Waals surface area contributed by atoms with Gasteiger partial charge in [-0.15, -0.1) is 0 Å². The molecule has 1 atom stereocenters. The van der Waals surface area contributed by atoms with Crippen molar-refractivity contribution in [1.82, 2.24) is 25.1 Å². The molecule has 7 nitrogen and oxygen atoms in total. The third-order valence-corrected chi connectivity index (χ3v) is 6.56. The van der Waals surface area contributed by atoms with Crippen LogP contribution in [0.15, 0.2) is 53.5 Å². The van der Waals surface area contributed by atoms with Crippen molar-refractivity contribution in [3.63, 3.8) is 0 Å². The Bertz CT molecular complexity index is 1420. The second-order valence-corrected chi connectivity index (χ2v) is 9.03. The van der Waals surface area contributed by atoms with E-state index in [9.17, 15) is 13.6 Å². The predicted octanol–water partition coefficient (Wildman–Crippen LogP) is 5.63. The monoisotopic (exact) mass is 516 g/mol. The molecule has 2 N–H and O–H groups in total. The van der Waals surface area contributed by atoms with Crippen LogP contribution >= 0.6 is 23.2 Å². The van der Waals surface area contributed by atoms with Crippen LogP contribution in [0, 0.1) is 0 Å². The molecule has 4 aromatic rings. The van der Waals surface area contributed by atoms with E-state index in [1.54, 1.807) is 6.07 Å². The summed E-state index contributed by atoms with van der Waals surface area (Å²) >= 11 is 12.4. The molecule has 1 aliphatic rings. The third kappa shape index (κ3) is 4.71. The smallest absolute Gasteiger partial charge is 0.284 e. The Balaban J connectivity index is 1.51. The highest BCUT2D eigenvalue weighted by molar-refractivity contribution is 6.37. The molecule has 2 aromatic heterocycles. The van der Waals surface area contributed by atoms with E-state index in [2.05, 4.69) is 25.7 Å². The molecule has 35 heavy (non-hydrogen) atoms. The van der Waals surface area contributed by atoms with Gasteiger partial charge >= 0.3 is 0 Å². The lowest BCUT2D eigenvalue weighted by molar-refractivity contribution is 0.145. The van der Waals surface area contributed by atoms with Gasteiger partial charge in [-0.2, -0.15) is 9.78 Å². The molecule has 0 bridgehead atoms. The lowest BCUT2D eigenvalue weighted by Crippen LogP contribution is -2.28. The third-order valence-electron chi connectivity index (χ3n) is 5.95. The maximum atomic E-state index is 14.0. The van der Waals surface area contributed by atoms with Crippen molar-refractivity contribution in [1.29, 1.82) is 0 Å². The molecule has 5 rings (SSSR count). The molecule has 11 heteroatoms. The Morgan fingerprint density at radius 2 is 1.86 bits per heavy atom. The molecule has 1 fully saturated rings. The van der Waals surface area contributed by atoms with E-state index in [-0.39, 0.29) is 32.6 Å². The predicted molar refractivity (Wildman–Crippen MR) is 132 cm³/mol. The molecule has 2 aromatic carbocycles. The number of hydrogen-bond donors (Lipinski definition) is 2. The minimum Gasteiger partial charge on any atom is -0.324 e. The molecule has 180 valence electrons. The van der Waals surface area contributed by atoms with Gasteiger partial charge in [-0.1, -0.05) is 41.4 Å². The van der Waals surface area contributed by atoms with Crippen molar-refractivity contribution in [3.8, 4) is 5.69 Å². The summed E-state index contributed by atoms with van der Waals surface area (Å²) in [7, 11) is 0. The average molecular weight is 517 g/mol. The number of fused-ring (bicyclic) bond motifs is 1. The molecule has 1 unspecified atom stereocenters. The lowest BCUT2D eigenvalue weighted by Gasteiger charge is -2.23. The van der Waals surface area contributed by atoms with E-state index < -0.39 is 17.7 Å². The van der Waals surface area contributed by atoms with Crippen LogP contribution in [0.5, 0.6) is 0 Å². The summed E-state index contributed by atoms with van der Waals surface area (Å²) < 4.78 is 28.7. The highest BCUT2D eigenvalue weighted by Gasteiger charge is 2.23. The van der Waals surface area contributed by atoms with E-state index >= 15 is 0 Å². The number of alkyl halides is 2. The first-order chi connectivity index (χ1) is 16.9. The Labute approximate surface area is 209 Å². The number of benzene rings is 2. The average Bonchev–Trinajstić information content (AvgIpc) is 2.86. The first-order valence-corrected chi connectivity index (χ1v) is 11.8. The number of piperidine rings is 1. The zero-order chi connectivity index (χ0) is 24.5. The molecule has 3 heterocycles. The van der Waals surface area contributed by atoms with Crippen LogP contribution in [-0.4, -0.2) is 32.8 Å². The fourth-order valence-corrected chi connectivity index (χ4v) is 4.76. The molecule has 0 aliphatic carbocycles. The van der Waals surface area contributed by atoms with Crippen LogP contribution in [-0.2, 0) is 0 Å². The van der Waals surface area contributed by atoms with Crippen molar-refractivity contribution < 1.29 is 8.78 Å². The van der Waals surface area contributed by atoms with Crippen LogP contribution in [0.4, 0.5) is 20.4 Å². The quantitative estimate of drug-likeness (QED) is 0.357. The maximum absolute atomic E-state index is 14.0. The summed E-state index contributed by atoms with van der Waals surface area (Å²) in [6, 6.07) is 12.4. The van der Waals surface area contributed by atoms with Crippen LogP contribution in [0.25, 0.3) is 16.6 Å². The van der Waals surface area contributed by atoms with Crippen molar-refractivity contribution in [2.24, 2.45) is 0 Å². The number of halogens is 4. The molecular formula is C24H20Cl2F2N6O. The zero-order valence-electron chi connectivity index (χ0n) is 18.3. The number of hydrogen-bond acceptors (Lipinski definition) is 6. The van der Waals surface area contributed by atoms with Gasteiger partial charge in [0.1, 0.15) is 11.2 Å². The molecule has 0 radical (unpaired) electrons. The zero-order valence-corrected chi connectivity index (χ0v) is 19.8. The van der Waals surface area contributed by atoms with Gasteiger partial charge < -0.3 is 10.6 Å². The molecular weight excluding hydrogens is 497 g/mol. The summed E-state index contributed by atoms with van der Waals surface area (Å²) in [4.78, 5) is 21.5. The van der Waals surface area contributed by atoms with Gasteiger partial charge in [0.25, 0.3) is 12.0 Å². The number of aromatic nitrogens is 4. The Hall–Kier alpha value is -3.14. The van der Waals surface area contributed by atoms with Gasteiger partial charge in [0, 0.05) is 18.4 Å². The molecule has 1 saturated heterocycles. The normalized spacial score (nSPS) is 16.1. The van der Waals surface area contributed by atoms with E-state index in [1.165, 1.54) is 23.9 Å². The van der Waals surface area contributed by atoms with Crippen molar-refractivity contribution in [3.05, 3.63) is 80.3 Å². The largest absolute Gasteiger partial charge is 0.324 e. The number of anilines is 2. The minimum atomic E-state index is -3.00. The summed E-state index contributed by atoms with van der Waals surface area (Å²) in [6.45, 7) is 1.99. The standard InChI is InChI=1S/C24H20Cl2F2N6O/c25-17-4-1-5-18(26)21(17)34-23(35)16-12-30-24(32-19(16)20(33-34)22(27)28)31-15-8-6-13(7-9-15)14-3-2-10-29-11-14/h1,4-9,12,14,22,29H,2-3,10-11H2,(H,30,31,32). The van der Waals surface area contributed by atoms with Gasteiger partial charge in [-0.05, 0) is 55.1 Å². The Morgan fingerprint density at radius 3 is 2.51 bits per heavy atom. The molecule has 0 amide bonds. The minimum absolute atomic E-state index is 0.0140. The van der Waals surface area contributed by atoms with Crippen LogP contribution in [0.2, 0.25) is 10.0 Å². The SMILES string of the molecule is O=c1c2cnc(Nc3ccc(C4CCCNC4)cc3)nc2c(C(F)F)nn1-c1c(Cl)cccc1Cl. The first kappa shape index (κ1) is 23.6. The number of nitrogens with zero attached hydrogens (tertiary/aromatic N) is 4. The fourth-order valence-electron chi connectivity index (χ4n) is 4.20. The van der Waals surface area contributed by atoms with Crippen molar-refractivity contribution in [2.45, 2.75) is 25.2 Å². The highest BCUT2D eigenvalue weighted by Crippen LogP contribution is 2.30. The van der Waals surface area contributed by atoms with E-state index in [0.29, 0.717) is 11.6 Å². The number of rotatable bonds is 5. The number of para-hydroxylation sites is 1.